The molecule has 3 aromatic rings. The van der Waals surface area contributed by atoms with Crippen molar-refractivity contribution in [2.45, 2.75) is 6.92 Å². The fraction of sp³-hybridized carbons (Fsp3) is 0.0800. The van der Waals surface area contributed by atoms with Crippen LogP contribution in [0.2, 0.25) is 0 Å². The van der Waals surface area contributed by atoms with Crippen molar-refractivity contribution in [3.8, 4) is 11.8 Å². The Kier molecular flexibility index (Phi) is 7.17. The SMILES string of the molecule is Cc1ccc(NC(=O)/C(C#N)=C\c2cccc(OCC(=O)Nc3ccccc3)c2)cc1. The molecule has 6 heteroatoms. The predicted octanol–water partition coefficient (Wildman–Crippen LogP) is 4.56. The molecule has 6 nitrogen and oxygen atoms in total. The summed E-state index contributed by atoms with van der Waals surface area (Å²) in [4.78, 5) is 24.5. The zero-order valence-corrected chi connectivity index (χ0v) is 17.0. The molecule has 0 saturated carbocycles. The van der Waals surface area contributed by atoms with Gasteiger partial charge in [0.2, 0.25) is 0 Å². The van der Waals surface area contributed by atoms with Crippen molar-refractivity contribution in [2.75, 3.05) is 17.2 Å². The van der Waals surface area contributed by atoms with Crippen LogP contribution in [0.5, 0.6) is 5.75 Å². The minimum absolute atomic E-state index is 0.0421. The van der Waals surface area contributed by atoms with E-state index in [1.54, 1.807) is 48.5 Å². The maximum atomic E-state index is 12.4. The fourth-order valence-corrected chi connectivity index (χ4v) is 2.71. The molecular weight excluding hydrogens is 390 g/mol. The van der Waals surface area contributed by atoms with Crippen molar-refractivity contribution < 1.29 is 14.3 Å². The van der Waals surface area contributed by atoms with Crippen LogP contribution in [0, 0.1) is 18.3 Å². The molecule has 154 valence electrons. The number of nitrogens with one attached hydrogen (secondary N) is 2. The maximum absolute atomic E-state index is 12.4. The highest BCUT2D eigenvalue weighted by atomic mass is 16.5. The largest absolute Gasteiger partial charge is 0.484 e. The van der Waals surface area contributed by atoms with Crippen LogP contribution in [0.25, 0.3) is 6.08 Å². The third kappa shape index (κ3) is 6.58. The molecule has 0 aliphatic heterocycles. The Hall–Kier alpha value is -4.37. The van der Waals surface area contributed by atoms with Crippen molar-refractivity contribution in [2.24, 2.45) is 0 Å². The maximum Gasteiger partial charge on any atom is 0.266 e. The normalized spacial score (nSPS) is 10.6. The van der Waals surface area contributed by atoms with Gasteiger partial charge in [0, 0.05) is 11.4 Å². The molecule has 3 rings (SSSR count). The van der Waals surface area contributed by atoms with E-state index in [-0.39, 0.29) is 18.1 Å². The zero-order valence-electron chi connectivity index (χ0n) is 17.0. The molecule has 0 saturated heterocycles. The van der Waals surface area contributed by atoms with Crippen LogP contribution in [-0.2, 0) is 9.59 Å². The summed E-state index contributed by atoms with van der Waals surface area (Å²) in [5, 5.41) is 14.8. The molecule has 0 radical (unpaired) electrons. The summed E-state index contributed by atoms with van der Waals surface area (Å²) in [6.45, 7) is 1.79. The van der Waals surface area contributed by atoms with E-state index in [1.807, 2.05) is 43.3 Å². The van der Waals surface area contributed by atoms with Gasteiger partial charge in [-0.3, -0.25) is 9.59 Å². The minimum Gasteiger partial charge on any atom is -0.484 e. The number of rotatable bonds is 7. The molecule has 3 aromatic carbocycles. The second kappa shape index (κ2) is 10.4. The number of hydrogen-bond acceptors (Lipinski definition) is 4. The molecule has 0 aliphatic carbocycles. The summed E-state index contributed by atoms with van der Waals surface area (Å²) >= 11 is 0. The van der Waals surface area contributed by atoms with Gasteiger partial charge >= 0.3 is 0 Å². The first kappa shape index (κ1) is 21.3. The zero-order chi connectivity index (χ0) is 22.1. The van der Waals surface area contributed by atoms with E-state index in [0.717, 1.165) is 5.56 Å². The van der Waals surface area contributed by atoms with E-state index < -0.39 is 5.91 Å². The van der Waals surface area contributed by atoms with Crippen molar-refractivity contribution in [1.82, 2.24) is 0 Å². The van der Waals surface area contributed by atoms with E-state index in [1.165, 1.54) is 6.08 Å². The monoisotopic (exact) mass is 411 g/mol. The van der Waals surface area contributed by atoms with Gasteiger partial charge < -0.3 is 15.4 Å². The lowest BCUT2D eigenvalue weighted by Gasteiger charge is -2.08. The molecule has 0 aromatic heterocycles. The summed E-state index contributed by atoms with van der Waals surface area (Å²) in [6.07, 6.45) is 1.47. The number of carbonyl (C=O) groups excluding carboxylic acids is 2. The van der Waals surface area contributed by atoms with Crippen LogP contribution < -0.4 is 15.4 Å². The van der Waals surface area contributed by atoms with Crippen LogP contribution in [-0.4, -0.2) is 18.4 Å². The lowest BCUT2D eigenvalue weighted by atomic mass is 10.1. The van der Waals surface area contributed by atoms with E-state index in [9.17, 15) is 14.9 Å². The van der Waals surface area contributed by atoms with E-state index in [2.05, 4.69) is 10.6 Å². The van der Waals surface area contributed by atoms with Gasteiger partial charge in [0.1, 0.15) is 17.4 Å². The first-order valence-electron chi connectivity index (χ1n) is 9.61. The van der Waals surface area contributed by atoms with E-state index >= 15 is 0 Å². The van der Waals surface area contributed by atoms with Crippen molar-refractivity contribution in [3.05, 3.63) is 95.6 Å². The van der Waals surface area contributed by atoms with Gasteiger partial charge in [-0.1, -0.05) is 48.0 Å². The number of hydrogen-bond donors (Lipinski definition) is 2. The molecule has 0 unspecified atom stereocenters. The van der Waals surface area contributed by atoms with E-state index in [4.69, 9.17) is 4.74 Å². The molecule has 2 N–H and O–H groups in total. The number of para-hydroxylation sites is 1. The Morgan fingerprint density at radius 3 is 2.35 bits per heavy atom. The first-order valence-corrected chi connectivity index (χ1v) is 9.61. The topological polar surface area (TPSA) is 91.2 Å². The Bertz CT molecular complexity index is 1130. The highest BCUT2D eigenvalue weighted by Gasteiger charge is 2.10. The predicted molar refractivity (Wildman–Crippen MR) is 120 cm³/mol. The number of carbonyl (C=O) groups is 2. The second-order valence-electron chi connectivity index (χ2n) is 6.77. The quantitative estimate of drug-likeness (QED) is 0.440. The van der Waals surface area contributed by atoms with Crippen LogP contribution in [0.15, 0.2) is 84.4 Å². The number of amides is 2. The summed E-state index contributed by atoms with van der Waals surface area (Å²) in [5.74, 6) is -0.338. The molecule has 0 bridgehead atoms. The standard InChI is InChI=1S/C25H21N3O3/c1-18-10-12-22(13-11-18)28-25(30)20(16-26)14-19-6-5-9-23(15-19)31-17-24(29)27-21-7-3-2-4-8-21/h2-15H,17H2,1H3,(H,27,29)(H,28,30)/b20-14-. The van der Waals surface area contributed by atoms with Gasteiger partial charge in [0.25, 0.3) is 11.8 Å². The second-order valence-corrected chi connectivity index (χ2v) is 6.77. The molecular formula is C25H21N3O3. The number of nitrogens with zero attached hydrogens (tertiary/aromatic N) is 1. The summed E-state index contributed by atoms with van der Waals surface area (Å²) in [6, 6.07) is 25.1. The molecule has 0 spiro atoms. The third-order valence-corrected chi connectivity index (χ3v) is 4.27. The molecule has 2 amide bonds. The molecule has 0 atom stereocenters. The molecule has 0 fully saturated rings. The van der Waals surface area contributed by atoms with Gasteiger partial charge in [0.05, 0.1) is 0 Å². The van der Waals surface area contributed by atoms with Crippen molar-refractivity contribution in [3.63, 3.8) is 0 Å². The van der Waals surface area contributed by atoms with Gasteiger partial charge in [-0.15, -0.1) is 0 Å². The average molecular weight is 411 g/mol. The lowest BCUT2D eigenvalue weighted by molar-refractivity contribution is -0.118. The van der Waals surface area contributed by atoms with Crippen molar-refractivity contribution >= 4 is 29.3 Å². The van der Waals surface area contributed by atoms with Crippen LogP contribution in [0.3, 0.4) is 0 Å². The summed E-state index contributed by atoms with van der Waals surface area (Å²) < 4.78 is 5.54. The minimum atomic E-state index is -0.500. The van der Waals surface area contributed by atoms with Crippen LogP contribution >= 0.6 is 0 Å². The fourth-order valence-electron chi connectivity index (χ4n) is 2.71. The summed E-state index contributed by atoms with van der Waals surface area (Å²) in [7, 11) is 0. The van der Waals surface area contributed by atoms with Gasteiger partial charge in [-0.25, -0.2) is 0 Å². The number of anilines is 2. The Labute approximate surface area is 180 Å². The summed E-state index contributed by atoms with van der Waals surface area (Å²) in [5.41, 5.74) is 2.93. The third-order valence-electron chi connectivity index (χ3n) is 4.27. The number of benzene rings is 3. The van der Waals surface area contributed by atoms with Crippen molar-refractivity contribution in [1.29, 1.82) is 5.26 Å². The van der Waals surface area contributed by atoms with Gasteiger partial charge in [-0.05, 0) is 55.0 Å². The average Bonchev–Trinajstić information content (AvgIpc) is 2.78. The Balaban J connectivity index is 1.63. The highest BCUT2D eigenvalue weighted by molar-refractivity contribution is 6.09. The van der Waals surface area contributed by atoms with Crippen LogP contribution in [0.1, 0.15) is 11.1 Å². The van der Waals surface area contributed by atoms with Crippen LogP contribution in [0.4, 0.5) is 11.4 Å². The van der Waals surface area contributed by atoms with Gasteiger partial charge in [-0.2, -0.15) is 5.26 Å². The number of aryl methyl sites for hydroxylation is 1. The molecule has 0 aliphatic rings. The Morgan fingerprint density at radius 2 is 1.65 bits per heavy atom. The molecule has 31 heavy (non-hydrogen) atoms. The smallest absolute Gasteiger partial charge is 0.266 e. The lowest BCUT2D eigenvalue weighted by Crippen LogP contribution is -2.20. The Morgan fingerprint density at radius 1 is 0.935 bits per heavy atom. The number of nitriles is 1. The number of ether oxygens (including phenoxy) is 1. The highest BCUT2D eigenvalue weighted by Crippen LogP contribution is 2.17. The first-order chi connectivity index (χ1) is 15.0. The van der Waals surface area contributed by atoms with E-state index in [0.29, 0.717) is 22.7 Å². The molecule has 0 heterocycles. The van der Waals surface area contributed by atoms with Gasteiger partial charge in [0.15, 0.2) is 6.61 Å².